The van der Waals surface area contributed by atoms with Crippen LogP contribution in [-0.4, -0.2) is 58.5 Å². The monoisotopic (exact) mass is 509 g/mol. The van der Waals surface area contributed by atoms with Gasteiger partial charge in [0.05, 0.1) is 11.6 Å². The number of likely N-dealkylation sites (tertiary alicyclic amines) is 2. The molecular weight excluding hydrogens is 478 g/mol. The third kappa shape index (κ3) is 5.62. The molecule has 0 aromatic heterocycles. The van der Waals surface area contributed by atoms with Crippen molar-refractivity contribution in [2.24, 2.45) is 11.8 Å². The highest BCUT2D eigenvalue weighted by Gasteiger charge is 2.41. The molecule has 1 unspecified atom stereocenters. The van der Waals surface area contributed by atoms with Gasteiger partial charge in [0, 0.05) is 53.7 Å². The zero-order chi connectivity index (χ0) is 26.0. The Labute approximate surface area is 216 Å². The van der Waals surface area contributed by atoms with E-state index in [0.717, 1.165) is 0 Å². The van der Waals surface area contributed by atoms with E-state index in [0.29, 0.717) is 54.3 Å². The fourth-order valence-corrected chi connectivity index (χ4v) is 5.11. The molecule has 0 spiro atoms. The fourth-order valence-electron chi connectivity index (χ4n) is 4.93. The second-order valence-electron chi connectivity index (χ2n) is 10.6. The van der Waals surface area contributed by atoms with Gasteiger partial charge in [-0.1, -0.05) is 41.9 Å². The van der Waals surface area contributed by atoms with E-state index in [9.17, 15) is 19.2 Å². The van der Waals surface area contributed by atoms with Crippen LogP contribution in [0.25, 0.3) is 0 Å². The topological polar surface area (TPSA) is 86.8 Å². The molecule has 1 atom stereocenters. The predicted molar refractivity (Wildman–Crippen MR) is 139 cm³/mol. The van der Waals surface area contributed by atoms with Crippen molar-refractivity contribution in [2.75, 3.05) is 25.0 Å². The minimum atomic E-state index is -0.331. The summed E-state index contributed by atoms with van der Waals surface area (Å²) < 4.78 is 0. The van der Waals surface area contributed by atoms with E-state index in [2.05, 4.69) is 5.32 Å². The van der Waals surface area contributed by atoms with Crippen molar-refractivity contribution >= 4 is 40.8 Å². The molecule has 0 bridgehead atoms. The van der Waals surface area contributed by atoms with Crippen molar-refractivity contribution in [2.45, 2.75) is 45.6 Å². The van der Waals surface area contributed by atoms with Crippen LogP contribution in [0.2, 0.25) is 5.02 Å². The molecule has 2 saturated heterocycles. The number of carbonyl (C=O) groups excluding carboxylic acids is 4. The lowest BCUT2D eigenvalue weighted by Crippen LogP contribution is -2.46. The number of amides is 3. The van der Waals surface area contributed by atoms with Crippen LogP contribution < -0.4 is 5.32 Å². The molecule has 0 aliphatic carbocycles. The number of piperidine rings is 1. The Morgan fingerprint density at radius 2 is 1.64 bits per heavy atom. The van der Waals surface area contributed by atoms with Crippen LogP contribution in [0.1, 0.15) is 56.0 Å². The zero-order valence-electron chi connectivity index (χ0n) is 20.9. The number of carbonyl (C=O) groups is 4. The average Bonchev–Trinajstić information content (AvgIpc) is 3.27. The largest absolute Gasteiger partial charge is 0.342 e. The maximum atomic E-state index is 13.1. The smallest absolute Gasteiger partial charge is 0.227 e. The fraction of sp³-hybridized carbons (Fsp3) is 0.429. The van der Waals surface area contributed by atoms with E-state index < -0.39 is 0 Å². The lowest BCUT2D eigenvalue weighted by atomic mass is 9.94. The van der Waals surface area contributed by atoms with Crippen molar-refractivity contribution in [1.82, 2.24) is 9.80 Å². The Morgan fingerprint density at radius 3 is 2.25 bits per heavy atom. The molecule has 2 aromatic rings. The lowest BCUT2D eigenvalue weighted by Gasteiger charge is -2.34. The van der Waals surface area contributed by atoms with Gasteiger partial charge in [0.25, 0.3) is 0 Å². The van der Waals surface area contributed by atoms with E-state index >= 15 is 0 Å². The van der Waals surface area contributed by atoms with Crippen molar-refractivity contribution in [3.8, 4) is 0 Å². The molecule has 3 amide bonds. The van der Waals surface area contributed by atoms with E-state index in [1.807, 2.05) is 26.8 Å². The molecular formula is C28H32ClN3O4. The summed E-state index contributed by atoms with van der Waals surface area (Å²) in [5, 5.41) is 3.32. The molecule has 0 radical (unpaired) electrons. The number of rotatable bonds is 5. The van der Waals surface area contributed by atoms with Gasteiger partial charge in [-0.05, 0) is 51.8 Å². The summed E-state index contributed by atoms with van der Waals surface area (Å²) in [6.45, 7) is 7.29. The van der Waals surface area contributed by atoms with Gasteiger partial charge < -0.3 is 15.1 Å². The van der Waals surface area contributed by atoms with Crippen LogP contribution in [-0.2, 0) is 14.4 Å². The number of benzene rings is 2. The van der Waals surface area contributed by atoms with Crippen LogP contribution in [0.5, 0.6) is 0 Å². The van der Waals surface area contributed by atoms with Gasteiger partial charge >= 0.3 is 0 Å². The van der Waals surface area contributed by atoms with E-state index in [1.54, 1.807) is 52.3 Å². The highest BCUT2D eigenvalue weighted by atomic mass is 35.5. The molecule has 2 aliphatic heterocycles. The van der Waals surface area contributed by atoms with Gasteiger partial charge in [-0.3, -0.25) is 19.2 Å². The number of nitrogens with zero attached hydrogens (tertiary/aromatic N) is 2. The summed E-state index contributed by atoms with van der Waals surface area (Å²) in [4.78, 5) is 55.1. The summed E-state index contributed by atoms with van der Waals surface area (Å²) in [6.07, 6.45) is 1.29. The number of anilines is 1. The van der Waals surface area contributed by atoms with Crippen LogP contribution in [0, 0.1) is 11.8 Å². The van der Waals surface area contributed by atoms with Crippen molar-refractivity contribution < 1.29 is 19.2 Å². The van der Waals surface area contributed by atoms with Crippen LogP contribution in [0.15, 0.2) is 48.5 Å². The summed E-state index contributed by atoms with van der Waals surface area (Å²) in [7, 11) is 0. The SMILES string of the molecule is CC(C)(C)N1CC(C(=O)N2CCC(C(=O)Nc3ccc(Cl)cc3C(=O)c3ccccc3)CC2)CC1=O. The van der Waals surface area contributed by atoms with Crippen molar-refractivity contribution in [1.29, 1.82) is 0 Å². The summed E-state index contributed by atoms with van der Waals surface area (Å²) >= 11 is 6.15. The van der Waals surface area contributed by atoms with Gasteiger partial charge in [0.1, 0.15) is 0 Å². The predicted octanol–water partition coefficient (Wildman–Crippen LogP) is 4.40. The minimum absolute atomic E-state index is 0.0117. The Morgan fingerprint density at radius 1 is 0.972 bits per heavy atom. The first-order chi connectivity index (χ1) is 17.0. The third-order valence-corrected chi connectivity index (χ3v) is 7.22. The molecule has 2 aromatic carbocycles. The Balaban J connectivity index is 1.37. The first kappa shape index (κ1) is 25.9. The molecule has 2 heterocycles. The van der Waals surface area contributed by atoms with Gasteiger partial charge in [-0.15, -0.1) is 0 Å². The molecule has 0 saturated carbocycles. The summed E-state index contributed by atoms with van der Waals surface area (Å²) in [6, 6.07) is 13.7. The number of hydrogen-bond donors (Lipinski definition) is 1. The van der Waals surface area contributed by atoms with Crippen LogP contribution in [0.4, 0.5) is 5.69 Å². The standard InChI is InChI=1S/C28H32ClN3O4/c1-28(2,3)32-17-20(15-24(32)33)27(36)31-13-11-19(12-14-31)26(35)30-23-10-9-21(29)16-22(23)25(34)18-7-5-4-6-8-18/h4-10,16,19-20H,11-15,17H2,1-3H3,(H,30,35). The molecule has 2 aliphatic rings. The lowest BCUT2D eigenvalue weighted by molar-refractivity contribution is -0.138. The average molecular weight is 510 g/mol. The highest BCUT2D eigenvalue weighted by molar-refractivity contribution is 6.31. The van der Waals surface area contributed by atoms with Crippen molar-refractivity contribution in [3.05, 3.63) is 64.7 Å². The molecule has 7 nitrogen and oxygen atoms in total. The number of halogens is 1. The quantitative estimate of drug-likeness (QED) is 0.605. The second-order valence-corrected chi connectivity index (χ2v) is 11.0. The first-order valence-corrected chi connectivity index (χ1v) is 12.7. The molecule has 2 fully saturated rings. The summed E-state index contributed by atoms with van der Waals surface area (Å²) in [5.74, 6) is -1.00. The zero-order valence-corrected chi connectivity index (χ0v) is 21.7. The van der Waals surface area contributed by atoms with Crippen LogP contribution in [0.3, 0.4) is 0 Å². The minimum Gasteiger partial charge on any atom is -0.342 e. The molecule has 36 heavy (non-hydrogen) atoms. The van der Waals surface area contributed by atoms with E-state index in [1.165, 1.54) is 0 Å². The van der Waals surface area contributed by atoms with Gasteiger partial charge in [0.15, 0.2) is 5.78 Å². The third-order valence-electron chi connectivity index (χ3n) is 6.98. The number of hydrogen-bond acceptors (Lipinski definition) is 4. The van der Waals surface area contributed by atoms with Crippen molar-refractivity contribution in [3.63, 3.8) is 0 Å². The van der Waals surface area contributed by atoms with Gasteiger partial charge in [0.2, 0.25) is 17.7 Å². The molecule has 1 N–H and O–H groups in total. The maximum absolute atomic E-state index is 13.1. The van der Waals surface area contributed by atoms with Gasteiger partial charge in [-0.2, -0.15) is 0 Å². The Hall–Kier alpha value is -3.19. The normalized spacial score (nSPS) is 18.9. The summed E-state index contributed by atoms with van der Waals surface area (Å²) in [5.41, 5.74) is 0.963. The number of ketones is 1. The van der Waals surface area contributed by atoms with E-state index in [4.69, 9.17) is 11.6 Å². The first-order valence-electron chi connectivity index (χ1n) is 12.3. The molecule has 8 heteroatoms. The Bertz CT molecular complexity index is 1170. The maximum Gasteiger partial charge on any atom is 0.227 e. The van der Waals surface area contributed by atoms with E-state index in [-0.39, 0.29) is 47.3 Å². The Kier molecular flexibility index (Phi) is 7.50. The molecule has 4 rings (SSSR count). The molecule has 190 valence electrons. The second kappa shape index (κ2) is 10.4. The number of nitrogens with one attached hydrogen (secondary N) is 1. The van der Waals surface area contributed by atoms with Gasteiger partial charge in [-0.25, -0.2) is 0 Å². The van der Waals surface area contributed by atoms with Crippen LogP contribution >= 0.6 is 11.6 Å². The highest BCUT2D eigenvalue weighted by Crippen LogP contribution is 2.30.